The monoisotopic (exact) mass is 270 g/mol. The maximum atomic E-state index is 11.5. The number of alkyl halides is 1. The first-order valence-electron chi connectivity index (χ1n) is 5.01. The Bertz CT molecular complexity index is 628. The molecule has 0 amide bonds. The van der Waals surface area contributed by atoms with E-state index in [1.54, 1.807) is 24.5 Å². The number of aromatic nitrogens is 1. The lowest BCUT2D eigenvalue weighted by atomic mass is 10.2. The Hall–Kier alpha value is -1.33. The summed E-state index contributed by atoms with van der Waals surface area (Å²) in [6.45, 7) is 0. The molecule has 0 aliphatic rings. The molecule has 2 aromatic rings. The van der Waals surface area contributed by atoms with Crippen LogP contribution in [0, 0.1) is 0 Å². The van der Waals surface area contributed by atoms with Gasteiger partial charge in [-0.3, -0.25) is 9.71 Å². The number of nitrogens with zero attached hydrogens (tertiary/aromatic N) is 1. The summed E-state index contributed by atoms with van der Waals surface area (Å²) in [6, 6.07) is 7.12. The van der Waals surface area contributed by atoms with E-state index in [9.17, 15) is 8.42 Å². The first-order chi connectivity index (χ1) is 8.11. The van der Waals surface area contributed by atoms with Gasteiger partial charge in [0.05, 0.1) is 5.75 Å². The van der Waals surface area contributed by atoms with Crippen LogP contribution in [0.15, 0.2) is 36.7 Å². The summed E-state index contributed by atoms with van der Waals surface area (Å²) in [7, 11) is -3.35. The average molecular weight is 271 g/mol. The van der Waals surface area contributed by atoms with E-state index in [0.717, 1.165) is 10.8 Å². The zero-order valence-corrected chi connectivity index (χ0v) is 10.5. The van der Waals surface area contributed by atoms with Crippen LogP contribution in [0.2, 0.25) is 0 Å². The molecule has 0 aliphatic heterocycles. The quantitative estimate of drug-likeness (QED) is 0.867. The summed E-state index contributed by atoms with van der Waals surface area (Å²) in [5.74, 6) is -0.0181. The lowest BCUT2D eigenvalue weighted by molar-refractivity contribution is 0.602. The minimum Gasteiger partial charge on any atom is -0.283 e. The van der Waals surface area contributed by atoms with Gasteiger partial charge in [-0.05, 0) is 23.6 Å². The number of fused-ring (bicyclic) bond motifs is 1. The summed E-state index contributed by atoms with van der Waals surface area (Å²) in [6.07, 6.45) is 3.39. The van der Waals surface area contributed by atoms with Gasteiger partial charge in [0.25, 0.3) is 0 Å². The molecule has 1 heterocycles. The number of pyridine rings is 1. The SMILES string of the molecule is O=S(=O)(CCCl)Nc1ccc2cnccc2c1. The van der Waals surface area contributed by atoms with Crippen LogP contribution in [0.1, 0.15) is 0 Å². The fourth-order valence-corrected chi connectivity index (χ4v) is 2.88. The van der Waals surface area contributed by atoms with Crippen molar-refractivity contribution in [3.8, 4) is 0 Å². The molecule has 1 aromatic carbocycles. The predicted octanol–water partition coefficient (Wildman–Crippen LogP) is 2.22. The molecule has 1 aromatic heterocycles. The van der Waals surface area contributed by atoms with Crippen molar-refractivity contribution >= 4 is 38.1 Å². The summed E-state index contributed by atoms with van der Waals surface area (Å²) >= 11 is 5.42. The second kappa shape index (κ2) is 4.89. The van der Waals surface area contributed by atoms with Gasteiger partial charge in [-0.25, -0.2) is 8.42 Å². The van der Waals surface area contributed by atoms with Crippen molar-refractivity contribution in [3.05, 3.63) is 36.7 Å². The van der Waals surface area contributed by atoms with Crippen molar-refractivity contribution in [1.29, 1.82) is 0 Å². The highest BCUT2D eigenvalue weighted by Crippen LogP contribution is 2.18. The van der Waals surface area contributed by atoms with Gasteiger partial charge in [0.2, 0.25) is 10.0 Å². The number of hydrogen-bond acceptors (Lipinski definition) is 3. The van der Waals surface area contributed by atoms with E-state index >= 15 is 0 Å². The van der Waals surface area contributed by atoms with E-state index in [4.69, 9.17) is 11.6 Å². The lowest BCUT2D eigenvalue weighted by Crippen LogP contribution is -2.17. The molecular weight excluding hydrogens is 260 g/mol. The van der Waals surface area contributed by atoms with Gasteiger partial charge in [0.1, 0.15) is 0 Å². The molecule has 0 saturated heterocycles. The minimum absolute atomic E-state index is 0.0762. The highest BCUT2D eigenvalue weighted by Gasteiger charge is 2.09. The molecule has 90 valence electrons. The summed E-state index contributed by atoms with van der Waals surface area (Å²) in [5.41, 5.74) is 0.536. The molecule has 0 radical (unpaired) electrons. The van der Waals surface area contributed by atoms with Crippen molar-refractivity contribution in [2.45, 2.75) is 0 Å². The Morgan fingerprint density at radius 3 is 2.82 bits per heavy atom. The van der Waals surface area contributed by atoms with Gasteiger partial charge in [-0.2, -0.15) is 0 Å². The van der Waals surface area contributed by atoms with Gasteiger partial charge in [-0.1, -0.05) is 6.07 Å². The third-order valence-corrected chi connectivity index (χ3v) is 3.96. The number of anilines is 1. The number of nitrogens with one attached hydrogen (secondary N) is 1. The van der Waals surface area contributed by atoms with Crippen molar-refractivity contribution in [2.24, 2.45) is 0 Å². The molecule has 0 fully saturated rings. The van der Waals surface area contributed by atoms with E-state index in [0.29, 0.717) is 5.69 Å². The Labute approximate surface area is 105 Å². The number of rotatable bonds is 4. The molecule has 0 unspecified atom stereocenters. The largest absolute Gasteiger partial charge is 0.283 e. The molecule has 1 N–H and O–H groups in total. The van der Waals surface area contributed by atoms with Crippen molar-refractivity contribution < 1.29 is 8.42 Å². The highest BCUT2D eigenvalue weighted by molar-refractivity contribution is 7.92. The summed E-state index contributed by atoms with van der Waals surface area (Å²) in [5, 5.41) is 1.90. The van der Waals surface area contributed by atoms with Gasteiger partial charge in [0.15, 0.2) is 0 Å². The maximum Gasteiger partial charge on any atom is 0.233 e. The topological polar surface area (TPSA) is 59.1 Å². The number of sulfonamides is 1. The third-order valence-electron chi connectivity index (χ3n) is 2.26. The van der Waals surface area contributed by atoms with E-state index < -0.39 is 10.0 Å². The van der Waals surface area contributed by atoms with E-state index in [2.05, 4.69) is 9.71 Å². The van der Waals surface area contributed by atoms with Crippen LogP contribution in [-0.4, -0.2) is 25.0 Å². The summed E-state index contributed by atoms with van der Waals surface area (Å²) in [4.78, 5) is 3.99. The van der Waals surface area contributed by atoms with Crippen LogP contribution < -0.4 is 4.72 Å². The number of halogens is 1. The smallest absolute Gasteiger partial charge is 0.233 e. The molecular formula is C11H11ClN2O2S. The van der Waals surface area contributed by atoms with E-state index in [-0.39, 0.29) is 11.6 Å². The normalized spacial score (nSPS) is 11.6. The maximum absolute atomic E-state index is 11.5. The third kappa shape index (κ3) is 3.08. The second-order valence-corrected chi connectivity index (χ2v) is 5.77. The van der Waals surface area contributed by atoms with Crippen molar-refractivity contribution in [2.75, 3.05) is 16.4 Å². The van der Waals surface area contributed by atoms with Crippen LogP contribution in [-0.2, 0) is 10.0 Å². The fraction of sp³-hybridized carbons (Fsp3) is 0.182. The second-order valence-electron chi connectivity index (χ2n) is 3.55. The molecule has 6 heteroatoms. The molecule has 17 heavy (non-hydrogen) atoms. The highest BCUT2D eigenvalue weighted by atomic mass is 35.5. The molecule has 0 spiro atoms. The number of hydrogen-bond donors (Lipinski definition) is 1. The standard InChI is InChI=1S/C11H11ClN2O2S/c12-4-6-17(15,16)14-11-2-1-10-8-13-5-3-9(10)7-11/h1-3,5,7-8,14H,4,6H2. The van der Waals surface area contributed by atoms with E-state index in [1.807, 2.05) is 12.1 Å². The molecule has 0 atom stereocenters. The van der Waals surface area contributed by atoms with Gasteiger partial charge in [0, 0.05) is 29.3 Å². The van der Waals surface area contributed by atoms with Crippen molar-refractivity contribution in [3.63, 3.8) is 0 Å². The first kappa shape index (κ1) is 12.1. The fourth-order valence-electron chi connectivity index (χ4n) is 1.48. The van der Waals surface area contributed by atoms with Crippen LogP contribution in [0.4, 0.5) is 5.69 Å². The molecule has 0 bridgehead atoms. The average Bonchev–Trinajstić information content (AvgIpc) is 2.28. The molecule has 0 saturated carbocycles. The molecule has 4 nitrogen and oxygen atoms in total. The number of benzene rings is 1. The minimum atomic E-state index is -3.35. The first-order valence-corrected chi connectivity index (χ1v) is 7.20. The molecule has 2 rings (SSSR count). The Morgan fingerprint density at radius 2 is 2.06 bits per heavy atom. The summed E-state index contributed by atoms with van der Waals surface area (Å²) < 4.78 is 25.5. The van der Waals surface area contributed by atoms with Gasteiger partial charge in [-0.15, -0.1) is 11.6 Å². The molecule has 0 aliphatic carbocycles. The van der Waals surface area contributed by atoms with Crippen molar-refractivity contribution in [1.82, 2.24) is 4.98 Å². The Kier molecular flexibility index (Phi) is 3.49. The van der Waals surface area contributed by atoms with Crippen LogP contribution in [0.25, 0.3) is 10.8 Å². The van der Waals surface area contributed by atoms with Crippen LogP contribution in [0.5, 0.6) is 0 Å². The van der Waals surface area contributed by atoms with E-state index in [1.165, 1.54) is 0 Å². The zero-order valence-electron chi connectivity index (χ0n) is 8.93. The Morgan fingerprint density at radius 1 is 1.24 bits per heavy atom. The Balaban J connectivity index is 2.31. The van der Waals surface area contributed by atoms with Gasteiger partial charge >= 0.3 is 0 Å². The lowest BCUT2D eigenvalue weighted by Gasteiger charge is -2.07. The van der Waals surface area contributed by atoms with Crippen LogP contribution >= 0.6 is 11.6 Å². The van der Waals surface area contributed by atoms with Crippen LogP contribution in [0.3, 0.4) is 0 Å². The predicted molar refractivity (Wildman–Crippen MR) is 69.9 cm³/mol. The van der Waals surface area contributed by atoms with Gasteiger partial charge < -0.3 is 0 Å². The zero-order chi connectivity index (χ0) is 12.3.